The molecule has 0 atom stereocenters. The van der Waals surface area contributed by atoms with Gasteiger partial charge in [0.2, 0.25) is 5.95 Å². The van der Waals surface area contributed by atoms with Gasteiger partial charge in [-0.05, 0) is 18.2 Å². The Labute approximate surface area is 148 Å². The van der Waals surface area contributed by atoms with Crippen LogP contribution in [0.15, 0.2) is 48.5 Å². The lowest BCUT2D eigenvalue weighted by Gasteiger charge is -2.28. The van der Waals surface area contributed by atoms with E-state index in [0.29, 0.717) is 17.2 Å². The Hall–Kier alpha value is -2.67. The zero-order valence-electron chi connectivity index (χ0n) is 13.9. The van der Waals surface area contributed by atoms with Crippen molar-refractivity contribution in [1.29, 1.82) is 0 Å². The van der Waals surface area contributed by atoms with Gasteiger partial charge in [-0.1, -0.05) is 30.3 Å². The quantitative estimate of drug-likeness (QED) is 0.758. The minimum Gasteiger partial charge on any atom is -0.338 e. The smallest absolute Gasteiger partial charge is 0.338 e. The van der Waals surface area contributed by atoms with E-state index in [2.05, 4.69) is 20.2 Å². The molecule has 3 aromatic rings. The molecule has 2 aromatic carbocycles. The number of nitrogens with zero attached hydrogens (tertiary/aromatic N) is 3. The molecule has 134 valence electrons. The van der Waals surface area contributed by atoms with Gasteiger partial charge in [-0.15, -0.1) is 0 Å². The molecule has 1 N–H and O–H groups in total. The average molecular weight is 358 g/mol. The van der Waals surface area contributed by atoms with Gasteiger partial charge in [0.05, 0.1) is 16.8 Å². The maximum atomic E-state index is 13.1. The summed E-state index contributed by atoms with van der Waals surface area (Å²) in [7, 11) is 0. The van der Waals surface area contributed by atoms with E-state index in [0.717, 1.165) is 49.2 Å². The minimum absolute atomic E-state index is 0.440. The third kappa shape index (κ3) is 3.22. The Balaban J connectivity index is 1.88. The molecule has 2 heterocycles. The lowest BCUT2D eigenvalue weighted by atomic mass is 10.0. The zero-order chi connectivity index (χ0) is 18.1. The lowest BCUT2D eigenvalue weighted by molar-refractivity contribution is -0.137. The van der Waals surface area contributed by atoms with E-state index >= 15 is 0 Å². The number of rotatable bonds is 2. The van der Waals surface area contributed by atoms with Crippen molar-refractivity contribution in [3.8, 4) is 11.3 Å². The van der Waals surface area contributed by atoms with E-state index in [4.69, 9.17) is 0 Å². The first-order valence-corrected chi connectivity index (χ1v) is 8.42. The Morgan fingerprint density at radius 2 is 1.69 bits per heavy atom. The monoisotopic (exact) mass is 358 g/mol. The number of alkyl halides is 3. The molecule has 1 aromatic heterocycles. The predicted molar refractivity (Wildman–Crippen MR) is 95.1 cm³/mol. The Morgan fingerprint density at radius 3 is 2.46 bits per heavy atom. The van der Waals surface area contributed by atoms with Crippen LogP contribution < -0.4 is 10.2 Å². The van der Waals surface area contributed by atoms with Gasteiger partial charge in [-0.3, -0.25) is 0 Å². The summed E-state index contributed by atoms with van der Waals surface area (Å²) >= 11 is 0. The van der Waals surface area contributed by atoms with Crippen LogP contribution in [0.1, 0.15) is 5.56 Å². The van der Waals surface area contributed by atoms with Gasteiger partial charge in [0, 0.05) is 37.1 Å². The van der Waals surface area contributed by atoms with Crippen molar-refractivity contribution in [3.63, 3.8) is 0 Å². The summed E-state index contributed by atoms with van der Waals surface area (Å²) in [5.41, 5.74) is 1.01. The van der Waals surface area contributed by atoms with Gasteiger partial charge in [-0.25, -0.2) is 9.97 Å². The standard InChI is InChI=1S/C19H17F3N4/c20-19(21,22)14-5-3-4-13(12-14)17-15-6-1-2-7-16(15)24-18(25-17)26-10-8-23-9-11-26/h1-7,12,23H,8-11H2. The zero-order valence-corrected chi connectivity index (χ0v) is 13.9. The van der Waals surface area contributed by atoms with Gasteiger partial charge in [0.1, 0.15) is 0 Å². The summed E-state index contributed by atoms with van der Waals surface area (Å²) in [5.74, 6) is 0.553. The topological polar surface area (TPSA) is 41.1 Å². The molecule has 0 unspecified atom stereocenters. The largest absolute Gasteiger partial charge is 0.416 e. The number of benzene rings is 2. The van der Waals surface area contributed by atoms with E-state index in [9.17, 15) is 13.2 Å². The maximum absolute atomic E-state index is 13.1. The third-order valence-electron chi connectivity index (χ3n) is 4.45. The summed E-state index contributed by atoms with van der Waals surface area (Å²) in [6, 6.07) is 12.7. The molecule has 4 rings (SSSR count). The van der Waals surface area contributed by atoms with Crippen LogP contribution >= 0.6 is 0 Å². The molecule has 0 bridgehead atoms. The highest BCUT2D eigenvalue weighted by atomic mass is 19.4. The summed E-state index contributed by atoms with van der Waals surface area (Å²) < 4.78 is 39.4. The molecular weight excluding hydrogens is 341 g/mol. The highest BCUT2D eigenvalue weighted by Gasteiger charge is 2.30. The van der Waals surface area contributed by atoms with Crippen molar-refractivity contribution in [2.75, 3.05) is 31.1 Å². The van der Waals surface area contributed by atoms with Gasteiger partial charge < -0.3 is 10.2 Å². The fraction of sp³-hybridized carbons (Fsp3) is 0.263. The maximum Gasteiger partial charge on any atom is 0.416 e. The van der Waals surface area contributed by atoms with E-state index in [-0.39, 0.29) is 0 Å². The van der Waals surface area contributed by atoms with Gasteiger partial charge in [-0.2, -0.15) is 13.2 Å². The van der Waals surface area contributed by atoms with Crippen molar-refractivity contribution in [1.82, 2.24) is 15.3 Å². The van der Waals surface area contributed by atoms with Crippen molar-refractivity contribution >= 4 is 16.9 Å². The number of hydrogen-bond acceptors (Lipinski definition) is 4. The highest BCUT2D eigenvalue weighted by Crippen LogP contribution is 2.34. The fourth-order valence-electron chi connectivity index (χ4n) is 3.13. The second kappa shape index (κ2) is 6.57. The number of nitrogens with one attached hydrogen (secondary N) is 1. The summed E-state index contributed by atoms with van der Waals surface area (Å²) in [4.78, 5) is 11.3. The molecule has 7 heteroatoms. The summed E-state index contributed by atoms with van der Waals surface area (Å²) in [6.07, 6.45) is -4.39. The Morgan fingerprint density at radius 1 is 0.923 bits per heavy atom. The van der Waals surface area contributed by atoms with Crippen LogP contribution in [0.25, 0.3) is 22.2 Å². The van der Waals surface area contributed by atoms with Crippen LogP contribution in [0.5, 0.6) is 0 Å². The van der Waals surface area contributed by atoms with Crippen molar-refractivity contribution < 1.29 is 13.2 Å². The van der Waals surface area contributed by atoms with Crippen LogP contribution in [0.2, 0.25) is 0 Å². The molecule has 0 aliphatic carbocycles. The normalized spacial score (nSPS) is 15.4. The third-order valence-corrected chi connectivity index (χ3v) is 4.45. The summed E-state index contributed by atoms with van der Waals surface area (Å²) in [5, 5.41) is 4.01. The summed E-state index contributed by atoms with van der Waals surface area (Å²) in [6.45, 7) is 3.19. The van der Waals surface area contributed by atoms with Crippen LogP contribution in [0.3, 0.4) is 0 Å². The first kappa shape index (κ1) is 16.8. The van der Waals surface area contributed by atoms with E-state index in [1.54, 1.807) is 6.07 Å². The van der Waals surface area contributed by atoms with Crippen LogP contribution in [-0.2, 0) is 6.18 Å². The molecule has 0 spiro atoms. The molecule has 1 aliphatic rings. The molecule has 1 aliphatic heterocycles. The number of piperazine rings is 1. The molecule has 0 amide bonds. The number of hydrogen-bond donors (Lipinski definition) is 1. The molecule has 26 heavy (non-hydrogen) atoms. The first-order valence-electron chi connectivity index (χ1n) is 8.42. The molecule has 4 nitrogen and oxygen atoms in total. The number of para-hydroxylation sites is 1. The first-order chi connectivity index (χ1) is 12.5. The van der Waals surface area contributed by atoms with E-state index in [1.807, 2.05) is 24.3 Å². The SMILES string of the molecule is FC(F)(F)c1cccc(-c2nc(N3CCNCC3)nc3ccccc23)c1. The Bertz CT molecular complexity index is 933. The molecule has 0 radical (unpaired) electrons. The lowest BCUT2D eigenvalue weighted by Crippen LogP contribution is -2.44. The van der Waals surface area contributed by atoms with Gasteiger partial charge in [0.25, 0.3) is 0 Å². The van der Waals surface area contributed by atoms with E-state index in [1.165, 1.54) is 6.07 Å². The average Bonchev–Trinajstić information content (AvgIpc) is 2.67. The van der Waals surface area contributed by atoms with Crippen molar-refractivity contribution in [3.05, 3.63) is 54.1 Å². The molecular formula is C19H17F3N4. The van der Waals surface area contributed by atoms with Gasteiger partial charge >= 0.3 is 6.18 Å². The van der Waals surface area contributed by atoms with Crippen LogP contribution in [0.4, 0.5) is 19.1 Å². The second-order valence-electron chi connectivity index (χ2n) is 6.20. The van der Waals surface area contributed by atoms with Gasteiger partial charge in [0.15, 0.2) is 0 Å². The molecule has 1 saturated heterocycles. The fourth-order valence-corrected chi connectivity index (χ4v) is 3.13. The van der Waals surface area contributed by atoms with Crippen molar-refractivity contribution in [2.24, 2.45) is 0 Å². The number of fused-ring (bicyclic) bond motifs is 1. The van der Waals surface area contributed by atoms with Crippen molar-refractivity contribution in [2.45, 2.75) is 6.18 Å². The Kier molecular flexibility index (Phi) is 4.24. The van der Waals surface area contributed by atoms with Crippen LogP contribution in [0, 0.1) is 0 Å². The second-order valence-corrected chi connectivity index (χ2v) is 6.20. The molecule has 1 fully saturated rings. The number of halogens is 3. The predicted octanol–water partition coefficient (Wildman–Crippen LogP) is 3.73. The minimum atomic E-state index is -4.39. The van der Waals surface area contributed by atoms with Crippen LogP contribution in [-0.4, -0.2) is 36.1 Å². The molecule has 0 saturated carbocycles. The highest BCUT2D eigenvalue weighted by molar-refractivity contribution is 5.93. The number of anilines is 1. The number of aromatic nitrogens is 2. The van der Waals surface area contributed by atoms with E-state index < -0.39 is 11.7 Å².